The highest BCUT2D eigenvalue weighted by molar-refractivity contribution is 5.37. The summed E-state index contributed by atoms with van der Waals surface area (Å²) in [5, 5.41) is 0. The van der Waals surface area contributed by atoms with Crippen LogP contribution in [0.4, 0.5) is 0 Å². The van der Waals surface area contributed by atoms with Crippen molar-refractivity contribution in [1.29, 1.82) is 0 Å². The Kier molecular flexibility index (Phi) is 5.17. The molecule has 0 heterocycles. The zero-order valence-corrected chi connectivity index (χ0v) is 12.2. The van der Waals surface area contributed by atoms with Crippen LogP contribution in [0.15, 0.2) is 18.2 Å². The normalized spacial score (nSPS) is 13.4. The largest absolute Gasteiger partial charge is 0.496 e. The molecule has 0 radical (unpaired) electrons. The fourth-order valence-corrected chi connectivity index (χ4v) is 2.26. The molecular formula is C15H26N2O. The highest BCUT2D eigenvalue weighted by atomic mass is 16.5. The third-order valence-electron chi connectivity index (χ3n) is 3.00. The van der Waals surface area contributed by atoms with Gasteiger partial charge in [0.25, 0.3) is 0 Å². The number of methoxy groups -OCH3 is 1. The predicted molar refractivity (Wildman–Crippen MR) is 76.6 cm³/mol. The minimum atomic E-state index is 0.258. The summed E-state index contributed by atoms with van der Waals surface area (Å²) in [5.74, 6) is 6.61. The van der Waals surface area contributed by atoms with Crippen molar-refractivity contribution in [1.82, 2.24) is 5.43 Å². The first-order valence-corrected chi connectivity index (χ1v) is 6.45. The zero-order valence-electron chi connectivity index (χ0n) is 12.2. The van der Waals surface area contributed by atoms with Gasteiger partial charge in [0, 0.05) is 6.04 Å². The molecule has 3 nitrogen and oxygen atoms in total. The van der Waals surface area contributed by atoms with Gasteiger partial charge in [0.1, 0.15) is 5.75 Å². The Bertz CT molecular complexity index is 383. The average molecular weight is 250 g/mol. The number of benzene rings is 1. The molecule has 1 aromatic rings. The van der Waals surface area contributed by atoms with Gasteiger partial charge in [-0.15, -0.1) is 0 Å². The number of hydrogen-bond acceptors (Lipinski definition) is 3. The highest BCUT2D eigenvalue weighted by Crippen LogP contribution is 2.26. The van der Waals surface area contributed by atoms with Gasteiger partial charge in [-0.1, -0.05) is 38.5 Å². The van der Waals surface area contributed by atoms with Crippen LogP contribution >= 0.6 is 0 Å². The summed E-state index contributed by atoms with van der Waals surface area (Å²) in [6.07, 6.45) is 1.92. The summed E-state index contributed by atoms with van der Waals surface area (Å²) in [5.41, 5.74) is 5.64. The molecule has 0 saturated heterocycles. The van der Waals surface area contributed by atoms with Crippen molar-refractivity contribution < 1.29 is 4.74 Å². The molecule has 0 spiro atoms. The van der Waals surface area contributed by atoms with Crippen LogP contribution in [0.2, 0.25) is 0 Å². The number of rotatable bonds is 5. The van der Waals surface area contributed by atoms with Crippen molar-refractivity contribution in [3.8, 4) is 5.75 Å². The Morgan fingerprint density at radius 3 is 2.50 bits per heavy atom. The summed E-state index contributed by atoms with van der Waals surface area (Å²) in [4.78, 5) is 0. The Labute approximate surface area is 111 Å². The van der Waals surface area contributed by atoms with E-state index in [1.165, 1.54) is 11.1 Å². The van der Waals surface area contributed by atoms with Crippen molar-refractivity contribution >= 4 is 0 Å². The zero-order chi connectivity index (χ0) is 13.8. The summed E-state index contributed by atoms with van der Waals surface area (Å²) >= 11 is 0. The Morgan fingerprint density at radius 2 is 2.00 bits per heavy atom. The summed E-state index contributed by atoms with van der Waals surface area (Å²) in [6, 6.07) is 6.53. The molecule has 1 atom stereocenters. The van der Waals surface area contributed by atoms with Crippen LogP contribution in [0.3, 0.4) is 0 Å². The van der Waals surface area contributed by atoms with Crippen molar-refractivity contribution in [2.45, 2.75) is 46.6 Å². The lowest BCUT2D eigenvalue weighted by molar-refractivity contribution is 0.306. The van der Waals surface area contributed by atoms with Gasteiger partial charge in [-0.2, -0.15) is 0 Å². The van der Waals surface area contributed by atoms with Gasteiger partial charge < -0.3 is 4.74 Å². The minimum absolute atomic E-state index is 0.258. The van der Waals surface area contributed by atoms with E-state index in [2.05, 4.69) is 45.3 Å². The third-order valence-corrected chi connectivity index (χ3v) is 3.00. The van der Waals surface area contributed by atoms with Crippen LogP contribution in [0, 0.1) is 12.3 Å². The van der Waals surface area contributed by atoms with E-state index in [0.29, 0.717) is 0 Å². The molecule has 102 valence electrons. The van der Waals surface area contributed by atoms with E-state index in [0.717, 1.165) is 18.6 Å². The Balaban J connectivity index is 2.84. The standard InChI is InChI=1S/C15H26N2O/c1-11-6-7-14(18-5)12(8-11)9-13(17-16)10-15(2,3)4/h6-8,13,17H,9-10,16H2,1-5H3. The van der Waals surface area contributed by atoms with Gasteiger partial charge in [-0.3, -0.25) is 11.3 Å². The van der Waals surface area contributed by atoms with Crippen LogP contribution < -0.4 is 16.0 Å². The monoisotopic (exact) mass is 250 g/mol. The number of nitrogens with two attached hydrogens (primary N) is 1. The second-order valence-corrected chi connectivity index (χ2v) is 6.15. The Morgan fingerprint density at radius 1 is 1.33 bits per heavy atom. The molecule has 3 N–H and O–H groups in total. The first-order chi connectivity index (χ1) is 8.35. The van der Waals surface area contributed by atoms with Crippen molar-refractivity contribution in [3.05, 3.63) is 29.3 Å². The molecule has 18 heavy (non-hydrogen) atoms. The van der Waals surface area contributed by atoms with Crippen LogP contribution in [0.1, 0.15) is 38.3 Å². The van der Waals surface area contributed by atoms with Gasteiger partial charge in [0.2, 0.25) is 0 Å². The lowest BCUT2D eigenvalue weighted by Gasteiger charge is -2.26. The fraction of sp³-hybridized carbons (Fsp3) is 0.600. The smallest absolute Gasteiger partial charge is 0.122 e. The van der Waals surface area contributed by atoms with Gasteiger partial charge >= 0.3 is 0 Å². The lowest BCUT2D eigenvalue weighted by atomic mass is 9.86. The van der Waals surface area contributed by atoms with Crippen LogP contribution in [0.5, 0.6) is 5.75 Å². The van der Waals surface area contributed by atoms with E-state index in [9.17, 15) is 0 Å². The number of ether oxygens (including phenoxy) is 1. The number of aryl methyl sites for hydroxylation is 1. The van der Waals surface area contributed by atoms with Gasteiger partial charge in [-0.25, -0.2) is 0 Å². The maximum Gasteiger partial charge on any atom is 0.122 e. The minimum Gasteiger partial charge on any atom is -0.496 e. The fourth-order valence-electron chi connectivity index (χ4n) is 2.26. The molecular weight excluding hydrogens is 224 g/mol. The van der Waals surface area contributed by atoms with Crippen molar-refractivity contribution in [2.75, 3.05) is 7.11 Å². The third kappa shape index (κ3) is 4.67. The number of hydrogen-bond donors (Lipinski definition) is 2. The highest BCUT2D eigenvalue weighted by Gasteiger charge is 2.19. The molecule has 1 rings (SSSR count). The second-order valence-electron chi connectivity index (χ2n) is 6.15. The maximum absolute atomic E-state index is 5.67. The van der Waals surface area contributed by atoms with Gasteiger partial charge in [-0.05, 0) is 36.8 Å². The maximum atomic E-state index is 5.67. The van der Waals surface area contributed by atoms with Crippen LogP contribution in [-0.4, -0.2) is 13.2 Å². The van der Waals surface area contributed by atoms with E-state index in [-0.39, 0.29) is 11.5 Å². The lowest BCUT2D eigenvalue weighted by Crippen LogP contribution is -2.39. The van der Waals surface area contributed by atoms with Crippen LogP contribution in [0.25, 0.3) is 0 Å². The Hall–Kier alpha value is -1.06. The first kappa shape index (κ1) is 15.0. The van der Waals surface area contributed by atoms with E-state index in [4.69, 9.17) is 10.6 Å². The molecule has 0 bridgehead atoms. The molecule has 0 aliphatic rings. The summed E-state index contributed by atoms with van der Waals surface area (Å²) in [7, 11) is 1.71. The molecule has 3 heteroatoms. The van der Waals surface area contributed by atoms with Gasteiger partial charge in [0.05, 0.1) is 7.11 Å². The van der Waals surface area contributed by atoms with Crippen LogP contribution in [-0.2, 0) is 6.42 Å². The predicted octanol–water partition coefficient (Wildman–Crippen LogP) is 2.81. The topological polar surface area (TPSA) is 47.3 Å². The molecule has 0 fully saturated rings. The van der Waals surface area contributed by atoms with E-state index >= 15 is 0 Å². The molecule has 1 aromatic carbocycles. The van der Waals surface area contributed by atoms with Crippen molar-refractivity contribution in [3.63, 3.8) is 0 Å². The second kappa shape index (κ2) is 6.21. The molecule has 0 aliphatic carbocycles. The van der Waals surface area contributed by atoms with E-state index in [1.807, 2.05) is 6.07 Å². The number of nitrogens with one attached hydrogen (secondary N) is 1. The summed E-state index contributed by atoms with van der Waals surface area (Å²) in [6.45, 7) is 8.78. The molecule has 1 unspecified atom stereocenters. The quantitative estimate of drug-likeness (QED) is 0.624. The molecule has 0 aliphatic heterocycles. The number of hydrazine groups is 1. The molecule has 0 amide bonds. The van der Waals surface area contributed by atoms with E-state index < -0.39 is 0 Å². The van der Waals surface area contributed by atoms with Gasteiger partial charge in [0.15, 0.2) is 0 Å². The van der Waals surface area contributed by atoms with E-state index in [1.54, 1.807) is 7.11 Å². The molecule has 0 aromatic heterocycles. The summed E-state index contributed by atoms with van der Waals surface area (Å²) < 4.78 is 5.41. The SMILES string of the molecule is COc1ccc(C)cc1CC(CC(C)(C)C)NN. The average Bonchev–Trinajstić information content (AvgIpc) is 2.26. The van der Waals surface area contributed by atoms with Crippen molar-refractivity contribution in [2.24, 2.45) is 11.3 Å². The molecule has 0 saturated carbocycles. The first-order valence-electron chi connectivity index (χ1n) is 6.45.